The Morgan fingerprint density at radius 2 is 1.83 bits per heavy atom. The SMILES string of the molecule is C=C(OCF)C(F)(F)F.N#CF. The number of hydrogen-bond acceptors (Lipinski definition) is 2. The van der Waals surface area contributed by atoms with Crippen LogP contribution in [0, 0.1) is 11.6 Å². The zero-order valence-corrected chi connectivity index (χ0v) is 5.66. The number of allylic oxidation sites excluding steroid dienone is 1. The number of nitrogens with zero attached hydrogens (tertiary/aromatic N) is 1. The van der Waals surface area contributed by atoms with Crippen molar-refractivity contribution in [2.24, 2.45) is 0 Å². The van der Waals surface area contributed by atoms with E-state index in [-0.39, 0.29) is 6.32 Å². The van der Waals surface area contributed by atoms with E-state index in [0.29, 0.717) is 0 Å². The molecule has 0 aliphatic heterocycles. The maximum absolute atomic E-state index is 11.2. The lowest BCUT2D eigenvalue weighted by Gasteiger charge is -2.07. The van der Waals surface area contributed by atoms with E-state index in [1.165, 1.54) is 0 Å². The summed E-state index contributed by atoms with van der Waals surface area (Å²) in [7, 11) is 0. The highest BCUT2D eigenvalue weighted by molar-refractivity contribution is 4.90. The van der Waals surface area contributed by atoms with Gasteiger partial charge in [0.25, 0.3) is 6.32 Å². The van der Waals surface area contributed by atoms with Crippen LogP contribution >= 0.6 is 0 Å². The van der Waals surface area contributed by atoms with Crippen LogP contribution in [0.2, 0.25) is 0 Å². The van der Waals surface area contributed by atoms with Gasteiger partial charge < -0.3 is 4.74 Å². The van der Waals surface area contributed by atoms with Crippen LogP contribution < -0.4 is 0 Å². The number of halogens is 5. The number of rotatable bonds is 2. The van der Waals surface area contributed by atoms with E-state index in [1.807, 2.05) is 0 Å². The minimum absolute atomic E-state index is 0.250. The van der Waals surface area contributed by atoms with Gasteiger partial charge in [-0.05, 0) is 0 Å². The first-order chi connectivity index (χ1) is 5.40. The molecule has 0 saturated heterocycles. The molecule has 0 fully saturated rings. The van der Waals surface area contributed by atoms with E-state index in [4.69, 9.17) is 5.26 Å². The molecule has 0 aliphatic rings. The number of ether oxygens (including phenoxy) is 1. The lowest BCUT2D eigenvalue weighted by Crippen LogP contribution is -2.12. The third-order valence-corrected chi connectivity index (χ3v) is 0.545. The molecule has 2 nitrogen and oxygen atoms in total. The summed E-state index contributed by atoms with van der Waals surface area (Å²) in [4.78, 5) is 0. The van der Waals surface area contributed by atoms with Gasteiger partial charge in [0.15, 0.2) is 5.76 Å². The summed E-state index contributed by atoms with van der Waals surface area (Å²) in [6, 6.07) is 0. The number of alkyl halides is 4. The van der Waals surface area contributed by atoms with Crippen molar-refractivity contribution in [3.05, 3.63) is 12.3 Å². The molecular weight excluding hydrogens is 185 g/mol. The van der Waals surface area contributed by atoms with Gasteiger partial charge >= 0.3 is 6.18 Å². The Morgan fingerprint density at radius 1 is 1.50 bits per heavy atom. The molecular formula is C5H4F5NO. The topological polar surface area (TPSA) is 33.0 Å². The first-order valence-electron chi connectivity index (χ1n) is 2.34. The predicted molar refractivity (Wildman–Crippen MR) is 29.0 cm³/mol. The van der Waals surface area contributed by atoms with Crippen molar-refractivity contribution in [3.8, 4) is 6.32 Å². The van der Waals surface area contributed by atoms with Crippen LogP contribution in [0.1, 0.15) is 0 Å². The molecule has 0 aromatic heterocycles. The molecule has 0 atom stereocenters. The van der Waals surface area contributed by atoms with Gasteiger partial charge in [0.05, 0.1) is 0 Å². The molecule has 0 bridgehead atoms. The van der Waals surface area contributed by atoms with Crippen molar-refractivity contribution >= 4 is 0 Å². The van der Waals surface area contributed by atoms with Crippen molar-refractivity contribution in [3.63, 3.8) is 0 Å². The molecule has 0 saturated carbocycles. The zero-order valence-electron chi connectivity index (χ0n) is 5.66. The first-order valence-corrected chi connectivity index (χ1v) is 2.34. The van der Waals surface area contributed by atoms with Gasteiger partial charge in [-0.15, -0.1) is 4.39 Å². The Bertz CT molecular complexity index is 170. The average Bonchev–Trinajstić information content (AvgIpc) is 1.88. The van der Waals surface area contributed by atoms with Gasteiger partial charge in [-0.2, -0.15) is 18.4 Å². The third-order valence-electron chi connectivity index (χ3n) is 0.545. The molecule has 12 heavy (non-hydrogen) atoms. The normalized spacial score (nSPS) is 9.00. The molecule has 0 unspecified atom stereocenters. The molecule has 0 aromatic carbocycles. The fourth-order valence-electron chi connectivity index (χ4n) is 0.148. The Labute approximate surface area is 64.8 Å². The van der Waals surface area contributed by atoms with Gasteiger partial charge in [0.2, 0.25) is 6.86 Å². The molecule has 0 spiro atoms. The van der Waals surface area contributed by atoms with Gasteiger partial charge in [-0.25, -0.2) is 4.39 Å². The van der Waals surface area contributed by atoms with Gasteiger partial charge in [0, 0.05) is 0 Å². The summed E-state index contributed by atoms with van der Waals surface area (Å²) >= 11 is 0. The van der Waals surface area contributed by atoms with E-state index >= 15 is 0 Å². The lowest BCUT2D eigenvalue weighted by molar-refractivity contribution is -0.137. The maximum Gasteiger partial charge on any atom is 0.448 e. The summed E-state index contributed by atoms with van der Waals surface area (Å²) in [5.74, 6) is -1.51. The molecule has 0 aliphatic carbocycles. The summed E-state index contributed by atoms with van der Waals surface area (Å²) in [6.45, 7) is 0.927. The summed E-state index contributed by atoms with van der Waals surface area (Å²) in [5, 5.41) is 6.65. The smallest absolute Gasteiger partial charge is 0.448 e. The van der Waals surface area contributed by atoms with Gasteiger partial charge in [-0.3, -0.25) is 0 Å². The average molecular weight is 189 g/mol. The number of hydrogen-bond donors (Lipinski definition) is 0. The van der Waals surface area contributed by atoms with E-state index < -0.39 is 18.8 Å². The van der Waals surface area contributed by atoms with Crippen LogP contribution in [-0.2, 0) is 4.74 Å². The molecule has 0 N–H and O–H groups in total. The monoisotopic (exact) mass is 189 g/mol. The fourth-order valence-corrected chi connectivity index (χ4v) is 0.148. The largest absolute Gasteiger partial charge is 0.458 e. The van der Waals surface area contributed by atoms with Crippen molar-refractivity contribution in [1.29, 1.82) is 5.26 Å². The highest BCUT2D eigenvalue weighted by Crippen LogP contribution is 2.24. The molecule has 0 radical (unpaired) electrons. The quantitative estimate of drug-likeness (QED) is 0.493. The molecule has 0 heterocycles. The second kappa shape index (κ2) is 6.39. The second-order valence-electron chi connectivity index (χ2n) is 1.26. The van der Waals surface area contributed by atoms with Crippen LogP contribution in [0.3, 0.4) is 0 Å². The summed E-state index contributed by atoms with van der Waals surface area (Å²) in [6.07, 6.45) is -4.40. The van der Waals surface area contributed by atoms with E-state index in [0.717, 1.165) is 0 Å². The third kappa shape index (κ3) is 8.68. The van der Waals surface area contributed by atoms with Crippen molar-refractivity contribution in [1.82, 2.24) is 0 Å². The first kappa shape index (κ1) is 13.3. The second-order valence-corrected chi connectivity index (χ2v) is 1.26. The van der Waals surface area contributed by atoms with Gasteiger partial charge in [0.1, 0.15) is 0 Å². The van der Waals surface area contributed by atoms with E-state index in [9.17, 15) is 22.0 Å². The van der Waals surface area contributed by atoms with Crippen LogP contribution in [0.25, 0.3) is 0 Å². The van der Waals surface area contributed by atoms with E-state index in [1.54, 1.807) is 0 Å². The van der Waals surface area contributed by atoms with Crippen molar-refractivity contribution in [2.75, 3.05) is 6.86 Å². The van der Waals surface area contributed by atoms with Crippen LogP contribution in [0.15, 0.2) is 12.3 Å². The Morgan fingerprint density at radius 3 is 1.92 bits per heavy atom. The fraction of sp³-hybridized carbons (Fsp3) is 0.400. The Hall–Kier alpha value is -1.32. The van der Waals surface area contributed by atoms with Crippen LogP contribution in [0.5, 0.6) is 0 Å². The summed E-state index contributed by atoms with van der Waals surface area (Å²) < 4.78 is 57.7. The maximum atomic E-state index is 11.2. The minimum Gasteiger partial charge on any atom is -0.458 e. The molecule has 0 amide bonds. The standard InChI is InChI=1S/C4H4F4O.CFN/c1-3(9-2-5)4(6,7)8;2-1-3/h1-2H2;. The number of nitriles is 1. The highest BCUT2D eigenvalue weighted by atomic mass is 19.4. The highest BCUT2D eigenvalue weighted by Gasteiger charge is 2.33. The molecule has 70 valence electrons. The zero-order chi connectivity index (χ0) is 10.2. The van der Waals surface area contributed by atoms with E-state index in [2.05, 4.69) is 11.3 Å². The Balaban J connectivity index is 0. The van der Waals surface area contributed by atoms with Crippen LogP contribution in [-0.4, -0.2) is 13.0 Å². The van der Waals surface area contributed by atoms with Crippen molar-refractivity contribution < 1.29 is 26.7 Å². The summed E-state index contributed by atoms with van der Waals surface area (Å²) in [5.41, 5.74) is 0. The van der Waals surface area contributed by atoms with Crippen molar-refractivity contribution in [2.45, 2.75) is 6.18 Å². The molecule has 0 aromatic rings. The predicted octanol–water partition coefficient (Wildman–Crippen LogP) is 2.44. The Kier molecular flexibility index (Phi) is 7.08. The van der Waals surface area contributed by atoms with Gasteiger partial charge in [-0.1, -0.05) is 6.58 Å². The lowest BCUT2D eigenvalue weighted by atomic mass is 10.6. The molecule has 7 heteroatoms. The van der Waals surface area contributed by atoms with Crippen LogP contribution in [0.4, 0.5) is 22.0 Å². The minimum atomic E-state index is -4.65. The molecule has 0 rings (SSSR count).